The molecule has 0 spiro atoms. The number of carbonyl (C=O) groups excluding carboxylic acids is 2. The normalized spacial score (nSPS) is 26.4. The van der Waals surface area contributed by atoms with Gasteiger partial charge in [0, 0.05) is 39.1 Å². The van der Waals surface area contributed by atoms with E-state index in [-0.39, 0.29) is 18.0 Å². The molecule has 4 rings (SSSR count). The van der Waals surface area contributed by atoms with Crippen molar-refractivity contribution in [2.24, 2.45) is 5.73 Å². The van der Waals surface area contributed by atoms with Crippen LogP contribution in [0.3, 0.4) is 0 Å². The first-order valence-electron chi connectivity index (χ1n) is 10.9. The highest BCUT2D eigenvalue weighted by Gasteiger charge is 2.41. The van der Waals surface area contributed by atoms with Gasteiger partial charge in [0.25, 0.3) is 0 Å². The van der Waals surface area contributed by atoms with E-state index in [1.807, 2.05) is 4.90 Å². The number of urea groups is 1. The number of likely N-dealkylation sites (tertiary alicyclic amines) is 2. The van der Waals surface area contributed by atoms with Gasteiger partial charge in [-0.05, 0) is 43.2 Å². The first-order chi connectivity index (χ1) is 14.0. The van der Waals surface area contributed by atoms with Crippen molar-refractivity contribution in [3.63, 3.8) is 0 Å². The Labute approximate surface area is 172 Å². The Morgan fingerprint density at radius 2 is 1.93 bits per heavy atom. The van der Waals surface area contributed by atoms with E-state index in [9.17, 15) is 14.7 Å². The second-order valence-electron chi connectivity index (χ2n) is 8.64. The largest absolute Gasteiger partial charge is 0.392 e. The average Bonchev–Trinajstić information content (AvgIpc) is 3.13. The molecule has 0 aromatic heterocycles. The molecule has 3 N–H and O–H groups in total. The van der Waals surface area contributed by atoms with Crippen LogP contribution in [0, 0.1) is 0 Å². The van der Waals surface area contributed by atoms with E-state index in [4.69, 9.17) is 5.73 Å². The lowest BCUT2D eigenvalue weighted by atomic mass is 9.90. The predicted octanol–water partition coefficient (Wildman–Crippen LogP) is 1.33. The molecule has 3 aliphatic rings. The van der Waals surface area contributed by atoms with Gasteiger partial charge < -0.3 is 20.6 Å². The molecular weight excluding hydrogens is 368 g/mol. The number of benzene rings is 1. The minimum Gasteiger partial charge on any atom is -0.392 e. The first-order valence-corrected chi connectivity index (χ1v) is 10.9. The number of nitrogens with two attached hydrogens (primary N) is 1. The second-order valence-corrected chi connectivity index (χ2v) is 8.64. The zero-order valence-corrected chi connectivity index (χ0v) is 17.0. The van der Waals surface area contributed by atoms with Crippen molar-refractivity contribution < 1.29 is 14.7 Å². The number of fused-ring (bicyclic) bond motifs is 1. The molecule has 0 saturated carbocycles. The molecule has 1 aromatic rings. The monoisotopic (exact) mass is 400 g/mol. The molecule has 3 amide bonds. The van der Waals surface area contributed by atoms with Gasteiger partial charge >= 0.3 is 6.03 Å². The summed E-state index contributed by atoms with van der Waals surface area (Å²) in [6.45, 7) is 3.67. The van der Waals surface area contributed by atoms with E-state index in [0.29, 0.717) is 25.9 Å². The summed E-state index contributed by atoms with van der Waals surface area (Å²) in [5, 5.41) is 10.9. The summed E-state index contributed by atoms with van der Waals surface area (Å²) >= 11 is 0. The smallest absolute Gasteiger partial charge is 0.315 e. The third-order valence-corrected chi connectivity index (χ3v) is 6.73. The summed E-state index contributed by atoms with van der Waals surface area (Å²) in [5.74, 6) is 0.161. The van der Waals surface area contributed by atoms with Crippen LogP contribution in [0.15, 0.2) is 24.3 Å². The van der Waals surface area contributed by atoms with Gasteiger partial charge in [0.05, 0.1) is 18.2 Å². The highest BCUT2D eigenvalue weighted by molar-refractivity contribution is 5.79. The SMILES string of the molecule is NC(=O)N1CCCC(N2CCCC2=O)C1C[C@H](O)CN1CCc2ccccc2C1. The molecule has 3 aliphatic heterocycles. The first kappa shape index (κ1) is 20.2. The molecule has 2 fully saturated rings. The zero-order chi connectivity index (χ0) is 20.4. The molecule has 3 atom stereocenters. The molecule has 0 aliphatic carbocycles. The van der Waals surface area contributed by atoms with Crippen molar-refractivity contribution in [2.75, 3.05) is 26.2 Å². The Hall–Kier alpha value is -2.12. The minimum absolute atomic E-state index is 0.0389. The summed E-state index contributed by atoms with van der Waals surface area (Å²) in [6, 6.07) is 7.75. The lowest BCUT2D eigenvalue weighted by Gasteiger charge is -2.45. The number of nitrogens with zero attached hydrogens (tertiary/aromatic N) is 3. The van der Waals surface area contributed by atoms with Crippen LogP contribution in [0.25, 0.3) is 0 Å². The van der Waals surface area contributed by atoms with Crippen LogP contribution in [0.1, 0.15) is 43.2 Å². The van der Waals surface area contributed by atoms with Gasteiger partial charge in [0.2, 0.25) is 5.91 Å². The van der Waals surface area contributed by atoms with Crippen molar-refractivity contribution in [2.45, 2.75) is 63.3 Å². The standard InChI is InChI=1S/C22H32N4O3/c23-22(29)26-11-3-7-19(25-10-4-8-21(25)28)20(26)13-18(27)15-24-12-9-16-5-1-2-6-17(16)14-24/h1-2,5-6,18-20,27H,3-4,7-15H2,(H2,23,29)/t18-,19?,20?/m0/s1. The Balaban J connectivity index is 1.42. The molecule has 7 heteroatoms. The van der Waals surface area contributed by atoms with Gasteiger partial charge in [0.1, 0.15) is 0 Å². The molecule has 3 heterocycles. The van der Waals surface area contributed by atoms with Gasteiger partial charge in [-0.2, -0.15) is 0 Å². The maximum Gasteiger partial charge on any atom is 0.315 e. The fraction of sp³-hybridized carbons (Fsp3) is 0.636. The number of β-amino-alcohol motifs (C(OH)–C–C–N with tert-alkyl or cyclic N) is 1. The lowest BCUT2D eigenvalue weighted by molar-refractivity contribution is -0.132. The topological polar surface area (TPSA) is 90.1 Å². The van der Waals surface area contributed by atoms with Crippen LogP contribution in [-0.2, 0) is 17.8 Å². The maximum absolute atomic E-state index is 12.3. The fourth-order valence-electron chi connectivity index (χ4n) is 5.34. The minimum atomic E-state index is -0.564. The number of carbonyl (C=O) groups is 2. The predicted molar refractivity (Wildman–Crippen MR) is 110 cm³/mol. The van der Waals surface area contributed by atoms with Crippen molar-refractivity contribution in [3.8, 4) is 0 Å². The van der Waals surface area contributed by atoms with E-state index < -0.39 is 12.1 Å². The summed E-state index contributed by atoms with van der Waals surface area (Å²) in [7, 11) is 0. The molecule has 29 heavy (non-hydrogen) atoms. The number of piperidine rings is 1. The molecule has 0 bridgehead atoms. The van der Waals surface area contributed by atoms with Gasteiger partial charge in [-0.1, -0.05) is 24.3 Å². The average molecular weight is 401 g/mol. The molecule has 158 valence electrons. The van der Waals surface area contributed by atoms with Crippen molar-refractivity contribution in [1.82, 2.24) is 14.7 Å². The molecule has 2 saturated heterocycles. The summed E-state index contributed by atoms with van der Waals surface area (Å²) in [4.78, 5) is 30.3. The number of hydrogen-bond acceptors (Lipinski definition) is 4. The molecule has 7 nitrogen and oxygen atoms in total. The molecule has 2 unspecified atom stereocenters. The van der Waals surface area contributed by atoms with E-state index in [1.54, 1.807) is 4.90 Å². The van der Waals surface area contributed by atoms with Crippen LogP contribution < -0.4 is 5.73 Å². The molecule has 1 aromatic carbocycles. The maximum atomic E-state index is 12.3. The lowest BCUT2D eigenvalue weighted by Crippen LogP contribution is -2.59. The van der Waals surface area contributed by atoms with Crippen molar-refractivity contribution in [3.05, 3.63) is 35.4 Å². The van der Waals surface area contributed by atoms with Crippen LogP contribution in [-0.4, -0.2) is 76.1 Å². The Morgan fingerprint density at radius 3 is 2.66 bits per heavy atom. The van der Waals surface area contributed by atoms with Gasteiger partial charge in [-0.25, -0.2) is 4.79 Å². The van der Waals surface area contributed by atoms with Gasteiger partial charge in [-0.3, -0.25) is 9.69 Å². The van der Waals surface area contributed by atoms with Gasteiger partial charge in [-0.15, -0.1) is 0 Å². The number of hydrogen-bond donors (Lipinski definition) is 2. The van der Waals surface area contributed by atoms with Gasteiger partial charge in [0.15, 0.2) is 0 Å². The Kier molecular flexibility index (Phi) is 6.06. The van der Waals surface area contributed by atoms with E-state index in [1.165, 1.54) is 11.1 Å². The summed E-state index contributed by atoms with van der Waals surface area (Å²) < 4.78 is 0. The second kappa shape index (κ2) is 8.71. The zero-order valence-electron chi connectivity index (χ0n) is 17.0. The Morgan fingerprint density at radius 1 is 1.14 bits per heavy atom. The van der Waals surface area contributed by atoms with Crippen LogP contribution >= 0.6 is 0 Å². The number of amides is 3. The third-order valence-electron chi connectivity index (χ3n) is 6.73. The number of rotatable bonds is 5. The number of aliphatic hydroxyl groups excluding tert-OH is 1. The Bertz CT molecular complexity index is 755. The van der Waals surface area contributed by atoms with Crippen LogP contribution in [0.2, 0.25) is 0 Å². The molecular formula is C22H32N4O3. The third kappa shape index (κ3) is 4.41. The van der Waals surface area contributed by atoms with E-state index in [0.717, 1.165) is 45.3 Å². The number of primary amides is 1. The summed E-state index contributed by atoms with van der Waals surface area (Å²) in [6.07, 6.45) is 4.03. The molecule has 0 radical (unpaired) electrons. The fourth-order valence-corrected chi connectivity index (χ4v) is 5.34. The van der Waals surface area contributed by atoms with E-state index in [2.05, 4.69) is 29.2 Å². The highest BCUT2D eigenvalue weighted by atomic mass is 16.3. The van der Waals surface area contributed by atoms with Crippen LogP contribution in [0.5, 0.6) is 0 Å². The summed E-state index contributed by atoms with van der Waals surface area (Å²) in [5.41, 5.74) is 8.37. The number of aliphatic hydroxyl groups is 1. The van der Waals surface area contributed by atoms with Crippen molar-refractivity contribution >= 4 is 11.9 Å². The highest BCUT2D eigenvalue weighted by Crippen LogP contribution is 2.29. The van der Waals surface area contributed by atoms with E-state index >= 15 is 0 Å². The van der Waals surface area contributed by atoms with Crippen LogP contribution in [0.4, 0.5) is 4.79 Å². The quantitative estimate of drug-likeness (QED) is 0.780. The van der Waals surface area contributed by atoms with Crippen molar-refractivity contribution in [1.29, 1.82) is 0 Å².